The molecule has 0 unspecified atom stereocenters. The lowest BCUT2D eigenvalue weighted by Gasteiger charge is -2.05. The number of anilines is 1. The number of rotatable bonds is 2. The van der Waals surface area contributed by atoms with E-state index in [1.165, 1.54) is 18.7 Å². The van der Waals surface area contributed by atoms with Gasteiger partial charge < -0.3 is 5.32 Å². The van der Waals surface area contributed by atoms with Gasteiger partial charge in [-0.3, -0.25) is 4.79 Å². The number of carbonyl (C=O) groups is 1. The van der Waals surface area contributed by atoms with Gasteiger partial charge in [0.25, 0.3) is 5.91 Å². The highest BCUT2D eigenvalue weighted by atomic mass is 127. The minimum absolute atomic E-state index is 0.238. The van der Waals surface area contributed by atoms with Gasteiger partial charge in [0.1, 0.15) is 6.33 Å². The van der Waals surface area contributed by atoms with E-state index >= 15 is 0 Å². The topological polar surface area (TPSA) is 54.9 Å². The van der Waals surface area contributed by atoms with Gasteiger partial charge in [-0.15, -0.1) is 0 Å². The summed E-state index contributed by atoms with van der Waals surface area (Å²) in [5.74, 6) is -0.238. The van der Waals surface area contributed by atoms with E-state index in [4.69, 9.17) is 11.6 Å². The quantitative estimate of drug-likeness (QED) is 0.839. The lowest BCUT2D eigenvalue weighted by Crippen LogP contribution is -2.12. The molecule has 1 heterocycles. The Kier molecular flexibility index (Phi) is 3.90. The molecule has 1 aromatic carbocycles. The van der Waals surface area contributed by atoms with Crippen molar-refractivity contribution in [3.05, 3.63) is 51.1 Å². The number of carbonyl (C=O) groups excluding carboxylic acids is 1. The van der Waals surface area contributed by atoms with E-state index < -0.39 is 0 Å². The zero-order chi connectivity index (χ0) is 12.3. The summed E-state index contributed by atoms with van der Waals surface area (Å²) in [4.78, 5) is 19.5. The molecule has 0 fully saturated rings. The predicted molar refractivity (Wildman–Crippen MR) is 74.2 cm³/mol. The molecule has 0 atom stereocenters. The molecule has 6 heteroatoms. The number of benzene rings is 1. The number of aromatic nitrogens is 2. The molecule has 2 aromatic rings. The van der Waals surface area contributed by atoms with Gasteiger partial charge in [0, 0.05) is 9.13 Å². The van der Waals surface area contributed by atoms with Gasteiger partial charge in [0.2, 0.25) is 0 Å². The van der Waals surface area contributed by atoms with Gasteiger partial charge in [-0.2, -0.15) is 0 Å². The smallest absolute Gasteiger partial charge is 0.255 e. The fraction of sp³-hybridized carbons (Fsp3) is 0. The first-order valence-corrected chi connectivity index (χ1v) is 6.14. The largest absolute Gasteiger partial charge is 0.319 e. The highest BCUT2D eigenvalue weighted by Crippen LogP contribution is 2.20. The minimum Gasteiger partial charge on any atom is -0.319 e. The third-order valence-electron chi connectivity index (χ3n) is 2.00. The van der Waals surface area contributed by atoms with Crippen LogP contribution in [0.4, 0.5) is 5.69 Å². The van der Waals surface area contributed by atoms with Gasteiger partial charge in [0.05, 0.1) is 23.1 Å². The first-order chi connectivity index (χ1) is 8.16. The van der Waals surface area contributed by atoms with E-state index in [2.05, 4.69) is 37.9 Å². The number of hydrogen-bond acceptors (Lipinski definition) is 3. The van der Waals surface area contributed by atoms with Crippen molar-refractivity contribution in [1.29, 1.82) is 0 Å². The number of nitrogens with one attached hydrogen (secondary N) is 1. The maximum Gasteiger partial charge on any atom is 0.255 e. The molecule has 0 aliphatic rings. The van der Waals surface area contributed by atoms with E-state index in [-0.39, 0.29) is 5.91 Å². The van der Waals surface area contributed by atoms with Gasteiger partial charge >= 0.3 is 0 Å². The van der Waals surface area contributed by atoms with Crippen molar-refractivity contribution < 1.29 is 4.79 Å². The van der Waals surface area contributed by atoms with Crippen molar-refractivity contribution in [1.82, 2.24) is 9.97 Å². The summed E-state index contributed by atoms with van der Waals surface area (Å²) in [6.07, 6.45) is 4.45. The maximum absolute atomic E-state index is 11.8. The summed E-state index contributed by atoms with van der Waals surface area (Å²) in [7, 11) is 0. The van der Waals surface area contributed by atoms with Crippen molar-refractivity contribution in [3.63, 3.8) is 0 Å². The molecule has 1 N–H and O–H groups in total. The summed E-state index contributed by atoms with van der Waals surface area (Å²) in [6, 6.07) is 5.13. The highest BCUT2D eigenvalue weighted by Gasteiger charge is 2.08. The van der Waals surface area contributed by atoms with Crippen molar-refractivity contribution in [2.75, 3.05) is 5.32 Å². The Hall–Kier alpha value is -1.21. The van der Waals surface area contributed by atoms with Crippen LogP contribution in [0.5, 0.6) is 0 Å². The molecule has 0 spiro atoms. The lowest BCUT2D eigenvalue weighted by atomic mass is 10.2. The SMILES string of the molecule is O=C(Nc1cncnc1)c1ccc(I)c(Cl)c1. The first kappa shape index (κ1) is 12.3. The van der Waals surface area contributed by atoms with Crippen molar-refractivity contribution in [2.45, 2.75) is 0 Å². The van der Waals surface area contributed by atoms with E-state index in [9.17, 15) is 4.79 Å². The molecular formula is C11H7ClIN3O. The van der Waals surface area contributed by atoms with Crippen LogP contribution in [0.15, 0.2) is 36.9 Å². The van der Waals surface area contributed by atoms with Crippen molar-refractivity contribution >= 4 is 45.8 Å². The van der Waals surface area contributed by atoms with Gasteiger partial charge in [0.15, 0.2) is 0 Å². The molecule has 0 saturated heterocycles. The predicted octanol–water partition coefficient (Wildman–Crippen LogP) is 2.99. The Morgan fingerprint density at radius 1 is 1.29 bits per heavy atom. The van der Waals surface area contributed by atoms with Crippen molar-refractivity contribution in [3.8, 4) is 0 Å². The van der Waals surface area contributed by atoms with E-state index in [1.54, 1.807) is 18.2 Å². The van der Waals surface area contributed by atoms with Crippen LogP contribution in [-0.2, 0) is 0 Å². The number of nitrogens with zero attached hydrogens (tertiary/aromatic N) is 2. The standard InChI is InChI=1S/C11H7ClIN3O/c12-9-3-7(1-2-10(9)13)11(17)16-8-4-14-6-15-5-8/h1-6H,(H,16,17). The van der Waals surface area contributed by atoms with Crippen LogP contribution in [0.1, 0.15) is 10.4 Å². The maximum atomic E-state index is 11.8. The molecule has 0 aliphatic heterocycles. The monoisotopic (exact) mass is 359 g/mol. The fourth-order valence-electron chi connectivity index (χ4n) is 1.20. The van der Waals surface area contributed by atoms with Crippen LogP contribution in [0.25, 0.3) is 0 Å². The summed E-state index contributed by atoms with van der Waals surface area (Å²) >= 11 is 8.05. The molecule has 1 amide bonds. The third-order valence-corrected chi connectivity index (χ3v) is 3.57. The van der Waals surface area contributed by atoms with Crippen LogP contribution < -0.4 is 5.32 Å². The molecule has 1 aromatic heterocycles. The molecule has 0 aliphatic carbocycles. The highest BCUT2D eigenvalue weighted by molar-refractivity contribution is 14.1. The summed E-state index contributed by atoms with van der Waals surface area (Å²) in [6.45, 7) is 0. The second-order valence-corrected chi connectivity index (χ2v) is 4.78. The van der Waals surface area contributed by atoms with Gasteiger partial charge in [-0.25, -0.2) is 9.97 Å². The Labute approximate surface area is 117 Å². The van der Waals surface area contributed by atoms with Gasteiger partial charge in [-0.05, 0) is 40.8 Å². The normalized spacial score (nSPS) is 10.0. The van der Waals surface area contributed by atoms with E-state index in [0.29, 0.717) is 16.3 Å². The van der Waals surface area contributed by atoms with Crippen LogP contribution in [0.3, 0.4) is 0 Å². The minimum atomic E-state index is -0.238. The zero-order valence-corrected chi connectivity index (χ0v) is 11.4. The number of halogens is 2. The van der Waals surface area contributed by atoms with E-state index in [0.717, 1.165) is 3.57 Å². The average molecular weight is 360 g/mol. The molecular weight excluding hydrogens is 352 g/mol. The third kappa shape index (κ3) is 3.13. The Bertz CT molecular complexity index is 548. The van der Waals surface area contributed by atoms with Gasteiger partial charge in [-0.1, -0.05) is 11.6 Å². The molecule has 0 bridgehead atoms. The summed E-state index contributed by atoms with van der Waals surface area (Å²) in [5, 5.41) is 3.24. The Morgan fingerprint density at radius 2 is 2.00 bits per heavy atom. The molecule has 17 heavy (non-hydrogen) atoms. The molecule has 2 rings (SSSR count). The van der Waals surface area contributed by atoms with Crippen molar-refractivity contribution in [2.24, 2.45) is 0 Å². The molecule has 0 saturated carbocycles. The second-order valence-electron chi connectivity index (χ2n) is 3.21. The van der Waals surface area contributed by atoms with Crippen LogP contribution in [0, 0.1) is 3.57 Å². The Morgan fingerprint density at radius 3 is 2.65 bits per heavy atom. The summed E-state index contributed by atoms with van der Waals surface area (Å²) in [5.41, 5.74) is 1.05. The van der Waals surface area contributed by atoms with Crippen LogP contribution in [-0.4, -0.2) is 15.9 Å². The fourth-order valence-corrected chi connectivity index (χ4v) is 1.72. The molecule has 4 nitrogen and oxygen atoms in total. The Balaban J connectivity index is 2.18. The number of amides is 1. The lowest BCUT2D eigenvalue weighted by molar-refractivity contribution is 0.102. The van der Waals surface area contributed by atoms with E-state index in [1.807, 2.05) is 0 Å². The molecule has 86 valence electrons. The molecule has 0 radical (unpaired) electrons. The first-order valence-electron chi connectivity index (χ1n) is 4.68. The van der Waals surface area contributed by atoms with Crippen LogP contribution in [0.2, 0.25) is 5.02 Å². The average Bonchev–Trinajstić information content (AvgIpc) is 2.34. The second kappa shape index (κ2) is 5.42. The number of hydrogen-bond donors (Lipinski definition) is 1. The van der Waals surface area contributed by atoms with Crippen LogP contribution >= 0.6 is 34.2 Å². The zero-order valence-electron chi connectivity index (χ0n) is 8.52. The summed E-state index contributed by atoms with van der Waals surface area (Å²) < 4.78 is 0.906.